The van der Waals surface area contributed by atoms with Gasteiger partial charge < -0.3 is 4.74 Å². The van der Waals surface area contributed by atoms with Crippen molar-refractivity contribution in [2.24, 2.45) is 5.92 Å². The minimum absolute atomic E-state index is 0.373. The highest BCUT2D eigenvalue weighted by atomic mass is 16.5. The van der Waals surface area contributed by atoms with E-state index in [1.807, 2.05) is 60.7 Å². The Bertz CT molecular complexity index is 612. The third-order valence-corrected chi connectivity index (χ3v) is 3.14. The van der Waals surface area contributed by atoms with Crippen LogP contribution in [0, 0.1) is 17.2 Å². The van der Waals surface area contributed by atoms with E-state index in [2.05, 4.69) is 4.74 Å². The molecule has 0 fully saturated rings. The Balaban J connectivity index is 2.13. The number of nitriles is 1. The highest BCUT2D eigenvalue weighted by Gasteiger charge is 2.18. The molecular formula is C17H15NO2. The Hall–Kier alpha value is -2.60. The highest BCUT2D eigenvalue weighted by Crippen LogP contribution is 2.20. The standard InChI is InChI=1S/C17H15NO2/c1-20-17(19)16(12-18)11-13-7-9-15(10-8-13)14-5-3-2-4-6-14/h2-10,16H,11H2,1H3. The molecule has 100 valence electrons. The molecule has 2 rings (SSSR count). The normalized spacial score (nSPS) is 11.4. The lowest BCUT2D eigenvalue weighted by Gasteiger charge is -2.08. The number of esters is 1. The van der Waals surface area contributed by atoms with Crippen LogP contribution in [0.5, 0.6) is 0 Å². The lowest BCUT2D eigenvalue weighted by molar-refractivity contribution is -0.143. The van der Waals surface area contributed by atoms with Gasteiger partial charge in [0.2, 0.25) is 0 Å². The first-order valence-corrected chi connectivity index (χ1v) is 6.36. The zero-order valence-corrected chi connectivity index (χ0v) is 11.2. The van der Waals surface area contributed by atoms with Crippen LogP contribution in [0.2, 0.25) is 0 Å². The molecule has 1 unspecified atom stereocenters. The molecular weight excluding hydrogens is 250 g/mol. The molecule has 2 aromatic carbocycles. The van der Waals surface area contributed by atoms with Crippen molar-refractivity contribution in [2.75, 3.05) is 7.11 Å². The summed E-state index contributed by atoms with van der Waals surface area (Å²) >= 11 is 0. The summed E-state index contributed by atoms with van der Waals surface area (Å²) in [4.78, 5) is 11.4. The number of rotatable bonds is 4. The van der Waals surface area contributed by atoms with Gasteiger partial charge in [0.05, 0.1) is 13.2 Å². The van der Waals surface area contributed by atoms with Gasteiger partial charge in [0, 0.05) is 0 Å². The number of nitrogens with zero attached hydrogens (tertiary/aromatic N) is 1. The average molecular weight is 265 g/mol. The molecule has 1 atom stereocenters. The predicted molar refractivity (Wildman–Crippen MR) is 76.7 cm³/mol. The van der Waals surface area contributed by atoms with Crippen molar-refractivity contribution in [3.63, 3.8) is 0 Å². The van der Waals surface area contributed by atoms with Crippen molar-refractivity contribution in [3.05, 3.63) is 60.2 Å². The first-order chi connectivity index (χ1) is 9.74. The minimum Gasteiger partial charge on any atom is -0.468 e. The maximum Gasteiger partial charge on any atom is 0.323 e. The Morgan fingerprint density at radius 3 is 2.25 bits per heavy atom. The van der Waals surface area contributed by atoms with Gasteiger partial charge in [-0.2, -0.15) is 5.26 Å². The van der Waals surface area contributed by atoms with Gasteiger partial charge in [0.1, 0.15) is 5.92 Å². The van der Waals surface area contributed by atoms with Crippen LogP contribution in [0.3, 0.4) is 0 Å². The highest BCUT2D eigenvalue weighted by molar-refractivity contribution is 5.75. The molecule has 0 aliphatic rings. The van der Waals surface area contributed by atoms with Gasteiger partial charge in [-0.3, -0.25) is 4.79 Å². The van der Waals surface area contributed by atoms with Crippen LogP contribution in [0.15, 0.2) is 54.6 Å². The number of hydrogen-bond donors (Lipinski definition) is 0. The van der Waals surface area contributed by atoms with Crippen molar-refractivity contribution >= 4 is 5.97 Å². The fourth-order valence-electron chi connectivity index (χ4n) is 2.02. The van der Waals surface area contributed by atoms with E-state index in [4.69, 9.17) is 5.26 Å². The van der Waals surface area contributed by atoms with Gasteiger partial charge in [-0.05, 0) is 23.1 Å². The van der Waals surface area contributed by atoms with Crippen molar-refractivity contribution < 1.29 is 9.53 Å². The maximum absolute atomic E-state index is 11.4. The van der Waals surface area contributed by atoms with Crippen LogP contribution in [-0.2, 0) is 16.0 Å². The summed E-state index contributed by atoms with van der Waals surface area (Å²) < 4.78 is 4.61. The summed E-state index contributed by atoms with van der Waals surface area (Å²) in [7, 11) is 1.30. The number of carbonyl (C=O) groups is 1. The predicted octanol–water partition coefficient (Wildman–Crippen LogP) is 3.21. The minimum atomic E-state index is -0.748. The Morgan fingerprint density at radius 2 is 1.70 bits per heavy atom. The molecule has 0 radical (unpaired) electrons. The van der Waals surface area contributed by atoms with Crippen LogP contribution < -0.4 is 0 Å². The number of ether oxygens (including phenoxy) is 1. The number of carbonyl (C=O) groups excluding carboxylic acids is 1. The second kappa shape index (κ2) is 6.53. The molecule has 20 heavy (non-hydrogen) atoms. The van der Waals surface area contributed by atoms with Crippen LogP contribution >= 0.6 is 0 Å². The van der Waals surface area contributed by atoms with Crippen LogP contribution in [0.1, 0.15) is 5.56 Å². The second-order valence-electron chi connectivity index (χ2n) is 4.47. The Morgan fingerprint density at radius 1 is 1.10 bits per heavy atom. The number of methoxy groups -OCH3 is 1. The summed E-state index contributed by atoms with van der Waals surface area (Å²) in [6, 6.07) is 19.9. The molecule has 0 aliphatic carbocycles. The van der Waals surface area contributed by atoms with Crippen molar-refractivity contribution in [3.8, 4) is 17.2 Å². The van der Waals surface area contributed by atoms with Gasteiger partial charge in [-0.25, -0.2) is 0 Å². The van der Waals surface area contributed by atoms with E-state index >= 15 is 0 Å². The maximum atomic E-state index is 11.4. The van der Waals surface area contributed by atoms with E-state index in [1.165, 1.54) is 7.11 Å². The summed E-state index contributed by atoms with van der Waals surface area (Å²) in [6.45, 7) is 0. The molecule has 0 spiro atoms. The molecule has 0 aromatic heterocycles. The second-order valence-corrected chi connectivity index (χ2v) is 4.47. The van der Waals surface area contributed by atoms with Crippen molar-refractivity contribution in [2.45, 2.75) is 6.42 Å². The number of hydrogen-bond acceptors (Lipinski definition) is 3. The quantitative estimate of drug-likeness (QED) is 0.797. The van der Waals surface area contributed by atoms with E-state index in [9.17, 15) is 4.79 Å². The summed E-state index contributed by atoms with van der Waals surface area (Å²) in [5.41, 5.74) is 3.20. The zero-order chi connectivity index (χ0) is 14.4. The molecule has 0 aliphatic heterocycles. The van der Waals surface area contributed by atoms with Crippen LogP contribution in [0.4, 0.5) is 0 Å². The third kappa shape index (κ3) is 3.24. The Labute approximate surface area is 118 Å². The molecule has 0 heterocycles. The van der Waals surface area contributed by atoms with E-state index < -0.39 is 11.9 Å². The first-order valence-electron chi connectivity index (χ1n) is 6.36. The summed E-state index contributed by atoms with van der Waals surface area (Å²) in [5.74, 6) is -1.23. The largest absolute Gasteiger partial charge is 0.468 e. The lowest BCUT2D eigenvalue weighted by Crippen LogP contribution is -2.16. The van der Waals surface area contributed by atoms with Gasteiger partial charge >= 0.3 is 5.97 Å². The smallest absolute Gasteiger partial charge is 0.323 e. The fourth-order valence-corrected chi connectivity index (χ4v) is 2.02. The first kappa shape index (κ1) is 13.8. The van der Waals surface area contributed by atoms with Crippen LogP contribution in [0.25, 0.3) is 11.1 Å². The van der Waals surface area contributed by atoms with E-state index in [0.717, 1.165) is 16.7 Å². The number of benzene rings is 2. The zero-order valence-electron chi connectivity index (χ0n) is 11.2. The van der Waals surface area contributed by atoms with Crippen LogP contribution in [-0.4, -0.2) is 13.1 Å². The van der Waals surface area contributed by atoms with Crippen molar-refractivity contribution in [1.29, 1.82) is 5.26 Å². The van der Waals surface area contributed by atoms with E-state index in [0.29, 0.717) is 6.42 Å². The summed E-state index contributed by atoms with van der Waals surface area (Å²) in [6.07, 6.45) is 0.373. The lowest BCUT2D eigenvalue weighted by atomic mass is 9.98. The third-order valence-electron chi connectivity index (χ3n) is 3.14. The molecule has 0 saturated carbocycles. The molecule has 0 bridgehead atoms. The molecule has 0 N–H and O–H groups in total. The monoisotopic (exact) mass is 265 g/mol. The van der Waals surface area contributed by atoms with Gasteiger partial charge in [0.25, 0.3) is 0 Å². The van der Waals surface area contributed by atoms with E-state index in [-0.39, 0.29) is 0 Å². The Kier molecular flexibility index (Phi) is 4.52. The topological polar surface area (TPSA) is 50.1 Å². The molecule has 2 aromatic rings. The summed E-state index contributed by atoms with van der Waals surface area (Å²) in [5, 5.41) is 8.97. The van der Waals surface area contributed by atoms with E-state index in [1.54, 1.807) is 0 Å². The average Bonchev–Trinajstić information content (AvgIpc) is 2.53. The van der Waals surface area contributed by atoms with Crippen molar-refractivity contribution in [1.82, 2.24) is 0 Å². The molecule has 0 amide bonds. The van der Waals surface area contributed by atoms with Gasteiger partial charge in [0.15, 0.2) is 0 Å². The van der Waals surface area contributed by atoms with Gasteiger partial charge in [-0.1, -0.05) is 54.6 Å². The molecule has 3 heteroatoms. The fraction of sp³-hybridized carbons (Fsp3) is 0.176. The molecule has 0 saturated heterocycles. The molecule has 3 nitrogen and oxygen atoms in total. The van der Waals surface area contributed by atoms with Gasteiger partial charge in [-0.15, -0.1) is 0 Å². The SMILES string of the molecule is COC(=O)C(C#N)Cc1ccc(-c2ccccc2)cc1.